The SMILES string of the molecule is CC[N+](CC)(CC)CC.O=S(=O)([N-]S(=O)(=O)C(F)(F)C(F)(F)F)C(F)(F)C(F)(F)F. The molecule has 30 heavy (non-hydrogen) atoms. The first-order valence-corrected chi connectivity index (χ1v) is 10.8. The van der Waals surface area contributed by atoms with Crippen LogP contribution in [0.2, 0.25) is 0 Å². The van der Waals surface area contributed by atoms with Crippen molar-refractivity contribution < 1.29 is 65.2 Å². The predicted octanol–water partition coefficient (Wildman–Crippen LogP) is 4.21. The quantitative estimate of drug-likeness (QED) is 0.362. The first-order valence-electron chi connectivity index (χ1n) is 7.92. The summed E-state index contributed by atoms with van der Waals surface area (Å²) in [7, 11) is -15.2. The number of halogens is 10. The molecule has 0 aromatic rings. The van der Waals surface area contributed by atoms with Crippen molar-refractivity contribution in [3.05, 3.63) is 4.13 Å². The van der Waals surface area contributed by atoms with Gasteiger partial charge >= 0.3 is 22.9 Å². The summed E-state index contributed by atoms with van der Waals surface area (Å²) in [5.41, 5.74) is 0. The van der Waals surface area contributed by atoms with E-state index in [1.165, 1.54) is 30.7 Å². The molecular formula is C12H20F10N2O4S2. The van der Waals surface area contributed by atoms with Crippen LogP contribution in [0.1, 0.15) is 27.7 Å². The first-order chi connectivity index (χ1) is 12.9. The zero-order chi connectivity index (χ0) is 25.0. The van der Waals surface area contributed by atoms with Crippen LogP contribution in [0.4, 0.5) is 43.9 Å². The minimum Gasteiger partial charge on any atom is -0.425 e. The number of sulfonamides is 2. The Morgan fingerprint density at radius 1 is 0.567 bits per heavy atom. The average Bonchev–Trinajstić information content (AvgIpc) is 2.55. The fourth-order valence-corrected chi connectivity index (χ4v) is 4.22. The van der Waals surface area contributed by atoms with Gasteiger partial charge in [0.25, 0.3) is 0 Å². The van der Waals surface area contributed by atoms with Crippen molar-refractivity contribution in [2.45, 2.75) is 50.6 Å². The summed E-state index contributed by atoms with van der Waals surface area (Å²) in [4.78, 5) is 0. The number of nitrogens with zero attached hydrogens (tertiary/aromatic N) is 2. The highest BCUT2D eigenvalue weighted by Crippen LogP contribution is 2.47. The van der Waals surface area contributed by atoms with E-state index in [0.717, 1.165) is 0 Å². The molecule has 0 aliphatic rings. The molecule has 184 valence electrons. The van der Waals surface area contributed by atoms with Crippen LogP contribution in [0.5, 0.6) is 0 Å². The standard InChI is InChI=1S/C8H20N.C4F10NO4S2/c1-5-9(6-2,7-3)8-4;5-1(6,7)3(11,12)20(16,17)15-21(18,19)4(13,14)2(8,9)10/h5-8H2,1-4H3;/q+1;-1. The van der Waals surface area contributed by atoms with Crippen molar-refractivity contribution in [3.8, 4) is 0 Å². The van der Waals surface area contributed by atoms with E-state index < -0.39 is 42.9 Å². The lowest BCUT2D eigenvalue weighted by molar-refractivity contribution is -0.921. The van der Waals surface area contributed by atoms with Gasteiger partial charge in [0.1, 0.15) is 0 Å². The van der Waals surface area contributed by atoms with Gasteiger partial charge in [0, 0.05) is 0 Å². The Labute approximate surface area is 166 Å². The minimum absolute atomic E-state index is 0.422. The Hall–Kier alpha value is -0.880. The van der Waals surface area contributed by atoms with E-state index in [1.807, 2.05) is 0 Å². The zero-order valence-electron chi connectivity index (χ0n) is 16.0. The summed E-state index contributed by atoms with van der Waals surface area (Å²) in [5, 5.41) is -14.0. The highest BCUT2D eigenvalue weighted by atomic mass is 32.3. The van der Waals surface area contributed by atoms with Gasteiger partial charge in [-0.25, -0.2) is 16.8 Å². The second-order valence-corrected chi connectivity index (χ2v) is 9.18. The lowest BCUT2D eigenvalue weighted by Crippen LogP contribution is -2.48. The fourth-order valence-electron chi connectivity index (χ4n) is 1.86. The molecular weight excluding hydrogens is 490 g/mol. The van der Waals surface area contributed by atoms with E-state index in [4.69, 9.17) is 0 Å². The maximum atomic E-state index is 12.3. The molecule has 0 bridgehead atoms. The molecule has 0 fully saturated rings. The Morgan fingerprint density at radius 2 is 0.767 bits per heavy atom. The number of quaternary nitrogens is 1. The van der Waals surface area contributed by atoms with E-state index in [-0.39, 0.29) is 0 Å². The van der Waals surface area contributed by atoms with Crippen molar-refractivity contribution in [1.29, 1.82) is 0 Å². The summed E-state index contributed by atoms with van der Waals surface area (Å²) >= 11 is 0. The number of alkyl halides is 10. The third-order valence-electron chi connectivity index (χ3n) is 4.19. The monoisotopic (exact) mass is 510 g/mol. The van der Waals surface area contributed by atoms with Crippen LogP contribution in [0.3, 0.4) is 0 Å². The maximum Gasteiger partial charge on any atom is 0.467 e. The van der Waals surface area contributed by atoms with Gasteiger partial charge < -0.3 is 8.61 Å². The topological polar surface area (TPSA) is 82.4 Å². The Bertz CT molecular complexity index is 685. The van der Waals surface area contributed by atoms with E-state index in [0.29, 0.717) is 4.13 Å². The van der Waals surface area contributed by atoms with Gasteiger partial charge in [0.2, 0.25) is 0 Å². The Kier molecular flexibility index (Phi) is 10.1. The van der Waals surface area contributed by atoms with Crippen LogP contribution >= 0.6 is 0 Å². The van der Waals surface area contributed by atoms with Gasteiger partial charge in [-0.1, -0.05) is 0 Å². The number of hydrogen-bond acceptors (Lipinski definition) is 4. The van der Waals surface area contributed by atoms with Crippen molar-refractivity contribution in [2.24, 2.45) is 0 Å². The fraction of sp³-hybridized carbons (Fsp3) is 1.00. The second-order valence-electron chi connectivity index (χ2n) is 5.66. The molecule has 0 spiro atoms. The third kappa shape index (κ3) is 6.56. The van der Waals surface area contributed by atoms with Crippen molar-refractivity contribution in [2.75, 3.05) is 26.2 Å². The van der Waals surface area contributed by atoms with Gasteiger partial charge in [0.15, 0.2) is 20.0 Å². The molecule has 18 heteroatoms. The Morgan fingerprint density at radius 3 is 0.867 bits per heavy atom. The largest absolute Gasteiger partial charge is 0.467 e. The molecule has 0 aromatic heterocycles. The van der Waals surface area contributed by atoms with Crippen molar-refractivity contribution in [1.82, 2.24) is 0 Å². The molecule has 0 N–H and O–H groups in total. The summed E-state index contributed by atoms with van der Waals surface area (Å²) < 4.78 is 162. The molecule has 0 atom stereocenters. The van der Waals surface area contributed by atoms with E-state index in [9.17, 15) is 60.7 Å². The smallest absolute Gasteiger partial charge is 0.425 e. The minimum atomic E-state index is -7.62. The summed E-state index contributed by atoms with van der Waals surface area (Å²) in [6.45, 7) is 14.2. The van der Waals surface area contributed by atoms with Crippen LogP contribution in [-0.2, 0) is 20.0 Å². The highest BCUT2D eigenvalue weighted by molar-refractivity contribution is 8.13. The lowest BCUT2D eigenvalue weighted by atomic mass is 10.3. The highest BCUT2D eigenvalue weighted by Gasteiger charge is 2.68. The molecule has 0 aromatic carbocycles. The Balaban J connectivity index is 0. The normalized spacial score (nSPS) is 14.9. The summed E-state index contributed by atoms with van der Waals surface area (Å²) in [5.74, 6) is 0. The van der Waals surface area contributed by atoms with Gasteiger partial charge in [-0.05, 0) is 27.7 Å². The maximum absolute atomic E-state index is 12.3. The van der Waals surface area contributed by atoms with Gasteiger partial charge in [-0.3, -0.25) is 0 Å². The van der Waals surface area contributed by atoms with E-state index in [1.54, 1.807) is 0 Å². The number of rotatable bonds is 8. The molecule has 0 heterocycles. The average molecular weight is 510 g/mol. The molecule has 0 amide bonds. The molecule has 0 saturated carbocycles. The predicted molar refractivity (Wildman–Crippen MR) is 85.6 cm³/mol. The summed E-state index contributed by atoms with van der Waals surface area (Å²) in [6, 6.07) is 0. The zero-order valence-corrected chi connectivity index (χ0v) is 17.6. The molecule has 0 radical (unpaired) electrons. The molecule has 0 saturated heterocycles. The summed E-state index contributed by atoms with van der Waals surface area (Å²) in [6.07, 6.45) is -14.0. The van der Waals surface area contributed by atoms with Gasteiger partial charge in [-0.2, -0.15) is 43.9 Å². The first kappa shape index (κ1) is 31.3. The van der Waals surface area contributed by atoms with E-state index in [2.05, 4.69) is 27.7 Å². The number of hydrogen-bond donors (Lipinski definition) is 0. The van der Waals surface area contributed by atoms with Crippen LogP contribution < -0.4 is 0 Å². The molecule has 0 aliphatic heterocycles. The van der Waals surface area contributed by atoms with Crippen LogP contribution in [0.25, 0.3) is 4.13 Å². The second kappa shape index (κ2) is 9.72. The van der Waals surface area contributed by atoms with Crippen molar-refractivity contribution in [3.63, 3.8) is 0 Å². The molecule has 6 nitrogen and oxygen atoms in total. The molecule has 0 rings (SSSR count). The van der Waals surface area contributed by atoms with Crippen molar-refractivity contribution >= 4 is 20.0 Å². The van der Waals surface area contributed by atoms with Crippen LogP contribution in [0, 0.1) is 0 Å². The molecule has 0 aliphatic carbocycles. The lowest BCUT2D eigenvalue weighted by Gasteiger charge is -2.34. The van der Waals surface area contributed by atoms with Gasteiger partial charge in [-0.15, -0.1) is 0 Å². The van der Waals surface area contributed by atoms with Crippen LogP contribution in [0.15, 0.2) is 0 Å². The van der Waals surface area contributed by atoms with Gasteiger partial charge in [0.05, 0.1) is 26.2 Å². The van der Waals surface area contributed by atoms with Crippen LogP contribution in [-0.4, -0.2) is 70.4 Å². The van der Waals surface area contributed by atoms with E-state index >= 15 is 0 Å². The third-order valence-corrected chi connectivity index (χ3v) is 7.52. The molecule has 0 unspecified atom stereocenters.